The zero-order valence-corrected chi connectivity index (χ0v) is 20.2. The molecule has 1 aliphatic rings. The van der Waals surface area contributed by atoms with Gasteiger partial charge in [0, 0.05) is 30.0 Å². The van der Waals surface area contributed by atoms with E-state index in [-0.39, 0.29) is 21.1 Å². The summed E-state index contributed by atoms with van der Waals surface area (Å²) in [5.74, 6) is 0. The van der Waals surface area contributed by atoms with Gasteiger partial charge < -0.3 is 0 Å². The van der Waals surface area contributed by atoms with E-state index in [1.165, 1.54) is 27.8 Å². The number of benzene rings is 3. The van der Waals surface area contributed by atoms with E-state index < -0.39 is 0 Å². The van der Waals surface area contributed by atoms with Crippen molar-refractivity contribution in [2.45, 2.75) is 12.8 Å². The molecule has 1 aliphatic carbocycles. The van der Waals surface area contributed by atoms with Crippen LogP contribution in [0.5, 0.6) is 0 Å². The van der Waals surface area contributed by atoms with Crippen molar-refractivity contribution in [2.75, 3.05) is 0 Å². The van der Waals surface area contributed by atoms with Gasteiger partial charge in [-0.15, -0.1) is 52.9 Å². The number of nitrogens with zero attached hydrogens (tertiary/aromatic N) is 3. The first-order chi connectivity index (χ1) is 15.9. The van der Waals surface area contributed by atoms with Gasteiger partial charge in [0.25, 0.3) is 0 Å². The van der Waals surface area contributed by atoms with Gasteiger partial charge in [0.2, 0.25) is 0 Å². The Balaban J connectivity index is 0.00000228. The fraction of sp³-hybridized carbons (Fsp3) is 0.0690. The predicted molar refractivity (Wildman–Crippen MR) is 127 cm³/mol. The third kappa shape index (κ3) is 4.05. The standard InChI is InChI=1S/C29H21N3.Pt/c1-2-16-30-28(12-1)24-10-3-9-23(19-24)25-11-4-7-21-14-15-22-8-5-13-29(27(22)20-26(21)25)32-18-6-17-31-32;/h1-13,16-18,20H,14-15H2;/q-2;+2. The zero-order chi connectivity index (χ0) is 21.3. The van der Waals surface area contributed by atoms with Crippen LogP contribution in [0.4, 0.5) is 0 Å². The van der Waals surface area contributed by atoms with Gasteiger partial charge in [-0.2, -0.15) is 5.10 Å². The molecule has 6 rings (SSSR count). The van der Waals surface area contributed by atoms with Crippen LogP contribution in [0.25, 0.3) is 28.1 Å². The van der Waals surface area contributed by atoms with E-state index in [1.807, 2.05) is 47.5 Å². The smallest absolute Gasteiger partial charge is 0.295 e. The third-order valence-corrected chi connectivity index (χ3v) is 6.10. The molecule has 3 nitrogen and oxygen atoms in total. The average molecular weight is 607 g/mol. The first kappa shape index (κ1) is 21.4. The summed E-state index contributed by atoms with van der Waals surface area (Å²) in [5.41, 5.74) is 10.6. The van der Waals surface area contributed by atoms with Crippen LogP contribution >= 0.6 is 0 Å². The molecular weight excluding hydrogens is 585 g/mol. The molecule has 4 heteroatoms. The van der Waals surface area contributed by atoms with Crippen molar-refractivity contribution < 1.29 is 21.1 Å². The summed E-state index contributed by atoms with van der Waals surface area (Å²) in [6.45, 7) is 0. The van der Waals surface area contributed by atoms with Gasteiger partial charge in [0.15, 0.2) is 0 Å². The van der Waals surface area contributed by atoms with E-state index in [1.54, 1.807) is 0 Å². The second kappa shape index (κ2) is 9.21. The van der Waals surface area contributed by atoms with Crippen LogP contribution in [0.2, 0.25) is 0 Å². The second-order valence-electron chi connectivity index (χ2n) is 8.02. The van der Waals surface area contributed by atoms with Crippen molar-refractivity contribution >= 4 is 0 Å². The molecule has 0 radical (unpaired) electrons. The quantitative estimate of drug-likeness (QED) is 0.233. The van der Waals surface area contributed by atoms with Crippen molar-refractivity contribution in [1.29, 1.82) is 0 Å². The normalized spacial score (nSPS) is 12.0. The zero-order valence-electron chi connectivity index (χ0n) is 17.9. The summed E-state index contributed by atoms with van der Waals surface area (Å²) in [7, 11) is 0. The van der Waals surface area contributed by atoms with Gasteiger partial charge in [-0.3, -0.25) is 9.67 Å². The molecule has 0 saturated carbocycles. The Morgan fingerprint density at radius 3 is 2.30 bits per heavy atom. The van der Waals surface area contributed by atoms with Gasteiger partial charge in [-0.25, -0.2) is 0 Å². The summed E-state index contributed by atoms with van der Waals surface area (Å²) >= 11 is 0. The van der Waals surface area contributed by atoms with Crippen molar-refractivity contribution in [2.24, 2.45) is 0 Å². The first-order valence-corrected chi connectivity index (χ1v) is 10.9. The van der Waals surface area contributed by atoms with Gasteiger partial charge in [0.05, 0.1) is 0 Å². The minimum absolute atomic E-state index is 0. The number of aromatic nitrogens is 3. The minimum Gasteiger partial charge on any atom is -0.295 e. The van der Waals surface area contributed by atoms with Crippen molar-refractivity contribution in [3.63, 3.8) is 0 Å². The molecule has 0 unspecified atom stereocenters. The average Bonchev–Trinajstić information content (AvgIpc) is 3.32. The van der Waals surface area contributed by atoms with Crippen LogP contribution in [-0.4, -0.2) is 14.8 Å². The predicted octanol–water partition coefficient (Wildman–Crippen LogP) is 6.10. The molecule has 3 aromatic carbocycles. The molecule has 5 aromatic rings. The van der Waals surface area contributed by atoms with Crippen LogP contribution in [0.3, 0.4) is 0 Å². The van der Waals surface area contributed by atoms with E-state index in [0.29, 0.717) is 0 Å². The van der Waals surface area contributed by atoms with E-state index in [4.69, 9.17) is 0 Å². The maximum absolute atomic E-state index is 4.51. The van der Waals surface area contributed by atoms with Gasteiger partial charge >= 0.3 is 21.1 Å². The minimum atomic E-state index is 0. The number of fused-ring (bicyclic) bond motifs is 2. The fourth-order valence-electron chi connectivity index (χ4n) is 4.54. The Kier molecular flexibility index (Phi) is 5.98. The summed E-state index contributed by atoms with van der Waals surface area (Å²) in [5, 5.41) is 4.49. The third-order valence-electron chi connectivity index (χ3n) is 6.10. The van der Waals surface area contributed by atoms with Crippen LogP contribution in [0.1, 0.15) is 22.3 Å². The van der Waals surface area contributed by atoms with Gasteiger partial charge in [-0.05, 0) is 12.1 Å². The number of rotatable bonds is 3. The number of aryl methyl sites for hydroxylation is 2. The molecule has 0 spiro atoms. The number of hydrogen-bond acceptors (Lipinski definition) is 2. The monoisotopic (exact) mass is 606 g/mol. The summed E-state index contributed by atoms with van der Waals surface area (Å²) in [4.78, 5) is 4.51. The molecule has 2 heterocycles. The molecule has 0 N–H and O–H groups in total. The van der Waals surface area contributed by atoms with Crippen molar-refractivity contribution in [1.82, 2.24) is 14.8 Å². The number of pyridine rings is 1. The molecule has 162 valence electrons. The largest absolute Gasteiger partial charge is 2.00 e. The van der Waals surface area contributed by atoms with Gasteiger partial charge in [0.1, 0.15) is 0 Å². The van der Waals surface area contributed by atoms with E-state index in [2.05, 4.69) is 77.2 Å². The fourth-order valence-corrected chi connectivity index (χ4v) is 4.54. The Morgan fingerprint density at radius 2 is 1.52 bits per heavy atom. The summed E-state index contributed by atoms with van der Waals surface area (Å²) in [6, 6.07) is 31.0. The maximum Gasteiger partial charge on any atom is 2.00 e. The second-order valence-corrected chi connectivity index (χ2v) is 8.02. The van der Waals surface area contributed by atoms with Crippen LogP contribution in [-0.2, 0) is 33.9 Å². The Labute approximate surface area is 208 Å². The first-order valence-electron chi connectivity index (χ1n) is 10.9. The topological polar surface area (TPSA) is 30.7 Å². The molecule has 0 aliphatic heterocycles. The number of hydrogen-bond donors (Lipinski definition) is 0. The summed E-state index contributed by atoms with van der Waals surface area (Å²) in [6.07, 6.45) is 10.0. The molecule has 0 amide bonds. The van der Waals surface area contributed by atoms with E-state index in [9.17, 15) is 0 Å². The Bertz CT molecular complexity index is 1390. The molecule has 2 aromatic heterocycles. The molecular formula is C29H21N3Pt. The van der Waals surface area contributed by atoms with E-state index >= 15 is 0 Å². The molecule has 0 fully saturated rings. The van der Waals surface area contributed by atoms with E-state index in [0.717, 1.165) is 35.3 Å². The Morgan fingerprint density at radius 1 is 0.727 bits per heavy atom. The molecule has 0 saturated heterocycles. The Hall–Kier alpha value is -3.42. The maximum atomic E-state index is 4.51. The SMILES string of the molecule is [Pt+2].[c-]1c(-c2ccccn2)cccc1-c1cccc2c1[CH-]c1c(cccc1-n1cccn1)CC2. The molecule has 0 bridgehead atoms. The van der Waals surface area contributed by atoms with Crippen molar-refractivity contribution in [3.05, 3.63) is 132 Å². The molecule has 0 atom stereocenters. The van der Waals surface area contributed by atoms with Gasteiger partial charge in [-0.1, -0.05) is 78.1 Å². The van der Waals surface area contributed by atoms with Crippen molar-refractivity contribution in [3.8, 4) is 28.1 Å². The van der Waals surface area contributed by atoms with Crippen LogP contribution < -0.4 is 0 Å². The summed E-state index contributed by atoms with van der Waals surface area (Å²) < 4.78 is 1.96. The molecule has 33 heavy (non-hydrogen) atoms. The van der Waals surface area contributed by atoms with Crippen LogP contribution in [0, 0.1) is 12.5 Å². The van der Waals surface area contributed by atoms with Crippen LogP contribution in [0.15, 0.2) is 97.5 Å².